The van der Waals surface area contributed by atoms with E-state index in [0.717, 1.165) is 139 Å². The third kappa shape index (κ3) is 6.56. The van der Waals surface area contributed by atoms with Gasteiger partial charge in [0.15, 0.2) is 11.2 Å². The zero-order chi connectivity index (χ0) is 48.0. The number of fused-ring (bicyclic) bond motifs is 13. The van der Waals surface area contributed by atoms with E-state index in [1.165, 1.54) is 5.56 Å². The molecule has 3 heterocycles. The highest BCUT2D eigenvalue weighted by atomic mass is 16.3. The van der Waals surface area contributed by atoms with E-state index >= 15 is 0 Å². The summed E-state index contributed by atoms with van der Waals surface area (Å²) in [6.45, 7) is 0. The number of hydrogen-bond donors (Lipinski definition) is 0. The van der Waals surface area contributed by atoms with Gasteiger partial charge in [-0.2, -0.15) is 0 Å². The predicted octanol–water partition coefficient (Wildman–Crippen LogP) is 19.9. The van der Waals surface area contributed by atoms with E-state index in [0.29, 0.717) is 0 Å². The lowest BCUT2D eigenvalue weighted by Crippen LogP contribution is -2.10. The summed E-state index contributed by atoms with van der Waals surface area (Å²) in [6, 6.07) is 79.8. The lowest BCUT2D eigenvalue weighted by molar-refractivity contribution is 0.657. The van der Waals surface area contributed by atoms with Crippen LogP contribution in [0.3, 0.4) is 0 Å². The fraction of sp³-hybridized carbons (Fsp3) is 0.0294. The van der Waals surface area contributed by atoms with Gasteiger partial charge in [0.1, 0.15) is 22.3 Å². The van der Waals surface area contributed by atoms with Crippen LogP contribution >= 0.6 is 0 Å². The van der Waals surface area contributed by atoms with Gasteiger partial charge in [0.2, 0.25) is 0 Å². The van der Waals surface area contributed by atoms with Gasteiger partial charge in [-0.15, -0.1) is 0 Å². The molecule has 11 aromatic carbocycles. The van der Waals surface area contributed by atoms with Crippen molar-refractivity contribution in [3.8, 4) is 11.1 Å². The van der Waals surface area contributed by atoms with E-state index in [2.05, 4.69) is 252 Å². The topological polar surface area (TPSA) is 45.9 Å². The van der Waals surface area contributed by atoms with Crippen molar-refractivity contribution in [2.24, 2.45) is 0 Å². The second-order valence-corrected chi connectivity index (χ2v) is 19.1. The molecule has 15 rings (SSSR count). The molecule has 73 heavy (non-hydrogen) atoms. The van der Waals surface area contributed by atoms with E-state index in [9.17, 15) is 0 Å². The van der Waals surface area contributed by atoms with Crippen LogP contribution in [0.5, 0.6) is 0 Å². The third-order valence-electron chi connectivity index (χ3n) is 14.9. The predicted molar refractivity (Wildman–Crippen MR) is 304 cm³/mol. The monoisotopic (exact) mass is 936 g/mol. The Morgan fingerprint density at radius 1 is 0.356 bits per heavy atom. The standard InChI is InChI=1S/C68H44N2O3/c1-5-17-43(18-6-1)53-25-13-27-55-57-29-15-31-59(67(57)72-65(53)55)69(47-21-9-3-10-22-47)49-35-37-51-45(41-49)33-39-61-63(51)64-52-38-36-50(42-46(52)34-40-62(64)71-61)70(48-23-11-4-12-24-48)60-32-16-30-58-56-28-14-26-54(66(56)73-68(58)60)44-19-7-2-8-20-44/h1-19,21-42,44H,20H2. The molecule has 0 N–H and O–H groups in total. The molecule has 3 aromatic heterocycles. The molecule has 0 saturated carbocycles. The van der Waals surface area contributed by atoms with Gasteiger partial charge >= 0.3 is 0 Å². The van der Waals surface area contributed by atoms with Crippen LogP contribution in [0.1, 0.15) is 17.9 Å². The largest absolute Gasteiger partial charge is 0.456 e. The molecular formula is C68H44N2O3. The second-order valence-electron chi connectivity index (χ2n) is 19.1. The van der Waals surface area contributed by atoms with Gasteiger partial charge in [-0.3, -0.25) is 0 Å². The van der Waals surface area contributed by atoms with Crippen molar-refractivity contribution in [3.63, 3.8) is 0 Å². The number of allylic oxidation sites excluding steroid dienone is 4. The van der Waals surface area contributed by atoms with Gasteiger partial charge in [-0.1, -0.05) is 176 Å². The average molecular weight is 937 g/mol. The highest BCUT2D eigenvalue weighted by Crippen LogP contribution is 2.48. The van der Waals surface area contributed by atoms with Crippen LogP contribution in [-0.4, -0.2) is 0 Å². The summed E-state index contributed by atoms with van der Waals surface area (Å²) in [5, 5.41) is 11.1. The summed E-state index contributed by atoms with van der Waals surface area (Å²) in [7, 11) is 0. The smallest absolute Gasteiger partial charge is 0.159 e. The molecule has 0 spiro atoms. The van der Waals surface area contributed by atoms with E-state index in [-0.39, 0.29) is 5.92 Å². The molecule has 0 saturated heterocycles. The summed E-state index contributed by atoms with van der Waals surface area (Å²) in [6.07, 6.45) is 9.73. The van der Waals surface area contributed by atoms with Crippen LogP contribution in [0.4, 0.5) is 34.1 Å². The highest BCUT2D eigenvalue weighted by molar-refractivity contribution is 6.27. The lowest BCUT2D eigenvalue weighted by Gasteiger charge is -2.26. The molecule has 1 aliphatic rings. The van der Waals surface area contributed by atoms with Crippen LogP contribution in [0.15, 0.2) is 262 Å². The molecule has 1 atom stereocenters. The Morgan fingerprint density at radius 2 is 0.863 bits per heavy atom. The summed E-state index contributed by atoms with van der Waals surface area (Å²) >= 11 is 0. The second kappa shape index (κ2) is 16.5. The van der Waals surface area contributed by atoms with Gasteiger partial charge in [0.05, 0.1) is 11.4 Å². The van der Waals surface area contributed by atoms with Gasteiger partial charge < -0.3 is 23.1 Å². The van der Waals surface area contributed by atoms with Gasteiger partial charge in [0, 0.05) is 72.1 Å². The van der Waals surface area contributed by atoms with Gasteiger partial charge in [-0.05, 0) is 106 Å². The number of para-hydroxylation sites is 6. The Labute approximate surface area is 420 Å². The molecule has 1 unspecified atom stereocenters. The first kappa shape index (κ1) is 41.2. The first-order valence-corrected chi connectivity index (χ1v) is 25.0. The number of hydrogen-bond acceptors (Lipinski definition) is 5. The molecule has 0 amide bonds. The summed E-state index contributed by atoms with van der Waals surface area (Å²) < 4.78 is 20.7. The highest BCUT2D eigenvalue weighted by Gasteiger charge is 2.25. The number of furan rings is 3. The lowest BCUT2D eigenvalue weighted by atomic mass is 9.91. The molecule has 0 fully saturated rings. The number of anilines is 6. The summed E-state index contributed by atoms with van der Waals surface area (Å²) in [5.41, 5.74) is 14.8. The van der Waals surface area contributed by atoms with Crippen molar-refractivity contribution in [1.29, 1.82) is 0 Å². The van der Waals surface area contributed by atoms with Crippen LogP contribution in [-0.2, 0) is 0 Å². The Bertz CT molecular complexity index is 4540. The molecular weight excluding hydrogens is 893 g/mol. The number of rotatable bonds is 8. The maximum Gasteiger partial charge on any atom is 0.159 e. The summed E-state index contributed by atoms with van der Waals surface area (Å²) in [4.78, 5) is 4.64. The first-order valence-electron chi connectivity index (χ1n) is 25.0. The van der Waals surface area contributed by atoms with Crippen molar-refractivity contribution < 1.29 is 13.3 Å². The molecule has 1 aliphatic carbocycles. The third-order valence-corrected chi connectivity index (χ3v) is 14.9. The maximum absolute atomic E-state index is 7.02. The van der Waals surface area contributed by atoms with E-state index in [1.807, 2.05) is 6.07 Å². The zero-order valence-electron chi connectivity index (χ0n) is 39.6. The molecule has 14 aromatic rings. The Hall–Kier alpha value is -9.58. The quantitative estimate of drug-likeness (QED) is 0.152. The minimum atomic E-state index is 0.265. The normalized spacial score (nSPS) is 13.7. The van der Waals surface area contributed by atoms with E-state index in [4.69, 9.17) is 13.3 Å². The van der Waals surface area contributed by atoms with Crippen molar-refractivity contribution >= 4 is 121 Å². The van der Waals surface area contributed by atoms with Gasteiger partial charge in [0.25, 0.3) is 0 Å². The van der Waals surface area contributed by atoms with Crippen molar-refractivity contribution in [2.75, 3.05) is 9.80 Å². The fourth-order valence-corrected chi connectivity index (χ4v) is 11.6. The van der Waals surface area contributed by atoms with Crippen LogP contribution in [0.2, 0.25) is 0 Å². The van der Waals surface area contributed by atoms with Crippen LogP contribution < -0.4 is 9.80 Å². The zero-order valence-corrected chi connectivity index (χ0v) is 39.6. The van der Waals surface area contributed by atoms with E-state index < -0.39 is 0 Å². The molecule has 0 aliphatic heterocycles. The van der Waals surface area contributed by atoms with Crippen LogP contribution in [0, 0.1) is 0 Å². The molecule has 5 nitrogen and oxygen atoms in total. The Morgan fingerprint density at radius 3 is 1.42 bits per heavy atom. The van der Waals surface area contributed by atoms with Crippen LogP contribution in [0.25, 0.3) is 98.5 Å². The molecule has 344 valence electrons. The average Bonchev–Trinajstić information content (AvgIpc) is 4.17. The first-order chi connectivity index (χ1) is 36.2. The summed E-state index contributed by atoms with van der Waals surface area (Å²) in [5.74, 6) is 0.265. The SMILES string of the molecule is C1=CCC(c2cccc3c2oc2c(N(c4ccccc4)c4ccc5c(ccc6oc7ccc8cc(N(c9ccccc9)c9cccc%10c9oc9c(-c%11ccccc%11)cccc9%10)ccc8c7c65)c4)cccc23)C=C1. The van der Waals surface area contributed by atoms with Crippen molar-refractivity contribution in [1.82, 2.24) is 0 Å². The minimum Gasteiger partial charge on any atom is -0.456 e. The minimum absolute atomic E-state index is 0.265. The fourth-order valence-electron chi connectivity index (χ4n) is 11.6. The molecule has 5 heteroatoms. The van der Waals surface area contributed by atoms with Crippen molar-refractivity contribution in [2.45, 2.75) is 12.3 Å². The molecule has 0 radical (unpaired) electrons. The maximum atomic E-state index is 7.02. The van der Waals surface area contributed by atoms with E-state index in [1.54, 1.807) is 0 Å². The van der Waals surface area contributed by atoms with Crippen molar-refractivity contribution in [3.05, 3.63) is 254 Å². The molecule has 0 bridgehead atoms. The Balaban J connectivity index is 0.874. The van der Waals surface area contributed by atoms with Gasteiger partial charge in [-0.25, -0.2) is 0 Å². The number of benzene rings is 11. The Kier molecular flexibility index (Phi) is 9.32. The number of nitrogens with zero attached hydrogens (tertiary/aromatic N) is 2.